The van der Waals surface area contributed by atoms with Crippen molar-refractivity contribution in [3.05, 3.63) is 68.9 Å². The standard InChI is InChI=1S/C15H14BrClFN/c1-9(10-5-3-2-4-6-10)15(19)11-7-13(17)12(16)8-14(11)18/h2-9,15H,19H2,1H3. The summed E-state index contributed by atoms with van der Waals surface area (Å²) >= 11 is 9.21. The molecule has 19 heavy (non-hydrogen) atoms. The fourth-order valence-corrected chi connectivity index (χ4v) is 2.51. The summed E-state index contributed by atoms with van der Waals surface area (Å²) in [5.74, 6) is -0.334. The molecule has 0 saturated carbocycles. The number of rotatable bonds is 3. The minimum absolute atomic E-state index is 0.00735. The van der Waals surface area contributed by atoms with E-state index in [4.69, 9.17) is 17.3 Å². The van der Waals surface area contributed by atoms with Crippen molar-refractivity contribution in [1.29, 1.82) is 0 Å². The van der Waals surface area contributed by atoms with E-state index in [0.29, 0.717) is 15.1 Å². The normalized spacial score (nSPS) is 14.2. The average Bonchev–Trinajstić information content (AvgIpc) is 2.42. The molecule has 0 aliphatic rings. The van der Waals surface area contributed by atoms with E-state index in [0.717, 1.165) is 5.56 Å². The van der Waals surface area contributed by atoms with Crippen molar-refractivity contribution in [2.75, 3.05) is 0 Å². The Balaban J connectivity index is 2.34. The second kappa shape index (κ2) is 6.04. The maximum Gasteiger partial charge on any atom is 0.129 e. The Kier molecular flexibility index (Phi) is 4.61. The lowest BCUT2D eigenvalue weighted by molar-refractivity contribution is 0.539. The van der Waals surface area contributed by atoms with Crippen molar-refractivity contribution in [3.8, 4) is 0 Å². The smallest absolute Gasteiger partial charge is 0.129 e. The van der Waals surface area contributed by atoms with Gasteiger partial charge in [-0.25, -0.2) is 4.39 Å². The number of hydrogen-bond acceptors (Lipinski definition) is 1. The minimum Gasteiger partial charge on any atom is -0.323 e. The molecule has 2 N–H and O–H groups in total. The molecule has 0 amide bonds. The molecule has 4 heteroatoms. The van der Waals surface area contributed by atoms with Crippen LogP contribution in [0.15, 0.2) is 46.9 Å². The molecule has 0 bridgehead atoms. The first kappa shape index (κ1) is 14.5. The van der Waals surface area contributed by atoms with Crippen LogP contribution in [0.25, 0.3) is 0 Å². The van der Waals surface area contributed by atoms with E-state index in [1.54, 1.807) is 6.07 Å². The third-order valence-corrected chi connectivity index (χ3v) is 4.46. The van der Waals surface area contributed by atoms with Crippen LogP contribution in [0, 0.1) is 5.82 Å². The average molecular weight is 343 g/mol. The van der Waals surface area contributed by atoms with E-state index in [1.807, 2.05) is 37.3 Å². The molecule has 100 valence electrons. The summed E-state index contributed by atoms with van der Waals surface area (Å²) in [7, 11) is 0. The highest BCUT2D eigenvalue weighted by atomic mass is 79.9. The molecule has 0 saturated heterocycles. The number of benzene rings is 2. The quantitative estimate of drug-likeness (QED) is 0.777. The fourth-order valence-electron chi connectivity index (χ4n) is 2.03. The fraction of sp³-hybridized carbons (Fsp3) is 0.200. The van der Waals surface area contributed by atoms with Gasteiger partial charge in [0.05, 0.1) is 5.02 Å². The maximum atomic E-state index is 14.0. The van der Waals surface area contributed by atoms with Crippen molar-refractivity contribution in [3.63, 3.8) is 0 Å². The topological polar surface area (TPSA) is 26.0 Å². The number of nitrogens with two attached hydrogens (primary N) is 1. The van der Waals surface area contributed by atoms with E-state index in [1.165, 1.54) is 6.07 Å². The highest BCUT2D eigenvalue weighted by Crippen LogP contribution is 2.34. The molecule has 2 atom stereocenters. The third kappa shape index (κ3) is 3.16. The van der Waals surface area contributed by atoms with E-state index in [9.17, 15) is 4.39 Å². The molecule has 0 fully saturated rings. The Morgan fingerprint density at radius 2 is 1.84 bits per heavy atom. The largest absolute Gasteiger partial charge is 0.323 e. The van der Waals surface area contributed by atoms with Gasteiger partial charge in [-0.1, -0.05) is 48.9 Å². The van der Waals surface area contributed by atoms with E-state index in [2.05, 4.69) is 15.9 Å². The van der Waals surface area contributed by atoms with Gasteiger partial charge in [-0.15, -0.1) is 0 Å². The lowest BCUT2D eigenvalue weighted by Crippen LogP contribution is -2.19. The maximum absolute atomic E-state index is 14.0. The van der Waals surface area contributed by atoms with Crippen LogP contribution < -0.4 is 5.73 Å². The van der Waals surface area contributed by atoms with Crippen LogP contribution in [0.5, 0.6) is 0 Å². The molecule has 2 aromatic carbocycles. The molecule has 1 nitrogen and oxygen atoms in total. The van der Waals surface area contributed by atoms with Gasteiger partial charge < -0.3 is 5.73 Å². The lowest BCUT2D eigenvalue weighted by Gasteiger charge is -2.21. The predicted molar refractivity (Wildman–Crippen MR) is 80.9 cm³/mol. The van der Waals surface area contributed by atoms with Gasteiger partial charge in [0, 0.05) is 22.0 Å². The molecule has 0 aliphatic carbocycles. The van der Waals surface area contributed by atoms with Crippen LogP contribution in [0.2, 0.25) is 5.02 Å². The summed E-state index contributed by atoms with van der Waals surface area (Å²) in [6.07, 6.45) is 0. The third-order valence-electron chi connectivity index (χ3n) is 3.26. The second-order valence-electron chi connectivity index (χ2n) is 4.51. The summed E-state index contributed by atoms with van der Waals surface area (Å²) in [6.45, 7) is 1.98. The number of halogens is 3. The van der Waals surface area contributed by atoms with Crippen molar-refractivity contribution in [2.24, 2.45) is 5.73 Å². The van der Waals surface area contributed by atoms with Crippen LogP contribution in [-0.4, -0.2) is 0 Å². The highest BCUT2D eigenvalue weighted by Gasteiger charge is 2.21. The van der Waals surface area contributed by atoms with Gasteiger partial charge in [0.25, 0.3) is 0 Å². The summed E-state index contributed by atoms with van der Waals surface area (Å²) in [4.78, 5) is 0. The molecular weight excluding hydrogens is 329 g/mol. The zero-order chi connectivity index (χ0) is 14.0. The Hall–Kier alpha value is -0.900. The molecule has 0 aliphatic heterocycles. The van der Waals surface area contributed by atoms with E-state index >= 15 is 0 Å². The van der Waals surface area contributed by atoms with Crippen LogP contribution in [0.4, 0.5) is 4.39 Å². The minimum atomic E-state index is -0.437. The van der Waals surface area contributed by atoms with Crippen molar-refractivity contribution < 1.29 is 4.39 Å². The van der Waals surface area contributed by atoms with E-state index < -0.39 is 6.04 Å². The Morgan fingerprint density at radius 3 is 2.47 bits per heavy atom. The van der Waals surface area contributed by atoms with E-state index in [-0.39, 0.29) is 11.7 Å². The van der Waals surface area contributed by atoms with Gasteiger partial charge >= 0.3 is 0 Å². The first-order chi connectivity index (χ1) is 9.00. The van der Waals surface area contributed by atoms with Gasteiger partial charge in [-0.05, 0) is 33.6 Å². The molecule has 2 aromatic rings. The first-order valence-corrected chi connectivity index (χ1v) is 7.12. The second-order valence-corrected chi connectivity index (χ2v) is 5.77. The van der Waals surface area contributed by atoms with Crippen molar-refractivity contribution in [1.82, 2.24) is 0 Å². The van der Waals surface area contributed by atoms with Gasteiger partial charge in [-0.2, -0.15) is 0 Å². The van der Waals surface area contributed by atoms with Crippen molar-refractivity contribution in [2.45, 2.75) is 18.9 Å². The molecular formula is C15H14BrClFN. The molecule has 2 unspecified atom stereocenters. The van der Waals surface area contributed by atoms with Gasteiger partial charge in [0.15, 0.2) is 0 Å². The predicted octanol–water partition coefficient (Wildman–Crippen LogP) is 5.05. The van der Waals surface area contributed by atoms with Crippen LogP contribution >= 0.6 is 27.5 Å². The SMILES string of the molecule is CC(c1ccccc1)C(N)c1cc(Cl)c(Br)cc1F. The van der Waals surface area contributed by atoms with Crippen molar-refractivity contribution >= 4 is 27.5 Å². The lowest BCUT2D eigenvalue weighted by atomic mass is 9.89. The monoisotopic (exact) mass is 341 g/mol. The molecule has 0 spiro atoms. The zero-order valence-corrected chi connectivity index (χ0v) is 12.7. The zero-order valence-electron chi connectivity index (χ0n) is 10.4. The Morgan fingerprint density at radius 1 is 1.21 bits per heavy atom. The van der Waals surface area contributed by atoms with Crippen LogP contribution in [-0.2, 0) is 0 Å². The van der Waals surface area contributed by atoms with Crippen LogP contribution in [0.3, 0.4) is 0 Å². The molecule has 0 radical (unpaired) electrons. The summed E-state index contributed by atoms with van der Waals surface area (Å²) < 4.78 is 14.5. The number of hydrogen-bond donors (Lipinski definition) is 1. The highest BCUT2D eigenvalue weighted by molar-refractivity contribution is 9.10. The summed E-state index contributed by atoms with van der Waals surface area (Å²) in [5, 5.41) is 0.465. The van der Waals surface area contributed by atoms with Crippen LogP contribution in [0.1, 0.15) is 30.0 Å². The summed E-state index contributed by atoms with van der Waals surface area (Å²) in [5.41, 5.74) is 7.69. The molecule has 0 heterocycles. The Labute approximate surface area is 125 Å². The summed E-state index contributed by atoms with van der Waals surface area (Å²) in [6, 6.07) is 12.3. The molecule has 0 aromatic heterocycles. The molecule has 2 rings (SSSR count). The van der Waals surface area contributed by atoms with Gasteiger partial charge in [0.1, 0.15) is 5.82 Å². The van der Waals surface area contributed by atoms with Gasteiger partial charge in [-0.3, -0.25) is 0 Å². The van der Waals surface area contributed by atoms with Gasteiger partial charge in [0.2, 0.25) is 0 Å². The Bertz CT molecular complexity index is 574. The first-order valence-electron chi connectivity index (χ1n) is 5.95.